The lowest BCUT2D eigenvalue weighted by atomic mass is 10.1. The molecule has 5 aromatic rings. The molecule has 1 amide bonds. The molecule has 178 valence electrons. The van der Waals surface area contributed by atoms with Gasteiger partial charge in [0.25, 0.3) is 5.91 Å². The van der Waals surface area contributed by atoms with Crippen LogP contribution in [0.25, 0.3) is 27.9 Å². The summed E-state index contributed by atoms with van der Waals surface area (Å²) in [4.78, 5) is 23.8. The number of hydrogen-bond donors (Lipinski definition) is 1. The molecule has 3 heterocycles. The Bertz CT molecular complexity index is 1650. The summed E-state index contributed by atoms with van der Waals surface area (Å²) in [6.45, 7) is 5.66. The lowest BCUT2D eigenvalue weighted by Gasteiger charge is -2.18. The second-order valence-electron chi connectivity index (χ2n) is 9.29. The molecule has 3 aromatic carbocycles. The second-order valence-corrected chi connectivity index (χ2v) is 9.29. The predicted molar refractivity (Wildman–Crippen MR) is 147 cm³/mol. The van der Waals surface area contributed by atoms with Crippen LogP contribution in [0.2, 0.25) is 0 Å². The zero-order valence-electron chi connectivity index (χ0n) is 20.5. The number of nitrogens with one attached hydrogen (secondary N) is 1. The first-order chi connectivity index (χ1) is 17.6. The van der Waals surface area contributed by atoms with E-state index in [9.17, 15) is 4.79 Å². The molecule has 0 bridgehead atoms. The van der Waals surface area contributed by atoms with Gasteiger partial charge in [0.05, 0.1) is 0 Å². The fourth-order valence-corrected chi connectivity index (χ4v) is 5.10. The zero-order valence-corrected chi connectivity index (χ0v) is 20.5. The van der Waals surface area contributed by atoms with E-state index in [1.54, 1.807) is 0 Å². The number of para-hydroxylation sites is 1. The fraction of sp³-hybridized carbons (Fsp3) is 0.161. The van der Waals surface area contributed by atoms with Crippen molar-refractivity contribution in [2.75, 3.05) is 6.54 Å². The Kier molecular flexibility index (Phi) is 5.53. The topological polar surface area (TPSA) is 53.4 Å². The Balaban J connectivity index is 1.37. The number of carbonyl (C=O) groups is 1. The number of benzene rings is 3. The van der Waals surface area contributed by atoms with Crippen LogP contribution in [0.5, 0.6) is 0 Å². The van der Waals surface area contributed by atoms with Crippen LogP contribution in [0, 0.1) is 6.92 Å². The van der Waals surface area contributed by atoms with Crippen LogP contribution in [0.4, 0.5) is 0 Å². The minimum Gasteiger partial charge on any atom is -0.361 e. The molecule has 5 heteroatoms. The highest BCUT2D eigenvalue weighted by Gasteiger charge is 2.31. The molecule has 0 saturated carbocycles. The molecule has 2 aromatic heterocycles. The van der Waals surface area contributed by atoms with Gasteiger partial charge in [-0.05, 0) is 50.1 Å². The van der Waals surface area contributed by atoms with Gasteiger partial charge in [0.1, 0.15) is 11.5 Å². The molecule has 0 saturated heterocycles. The summed E-state index contributed by atoms with van der Waals surface area (Å²) in [7, 11) is 0. The van der Waals surface area contributed by atoms with Gasteiger partial charge in [-0.15, -0.1) is 0 Å². The summed E-state index contributed by atoms with van der Waals surface area (Å²) < 4.78 is 2.21. The molecule has 1 N–H and O–H groups in total. The third kappa shape index (κ3) is 3.83. The minimum atomic E-state index is -0.0572. The van der Waals surface area contributed by atoms with Gasteiger partial charge < -0.3 is 9.55 Å². The molecule has 0 unspecified atom stereocenters. The highest BCUT2D eigenvalue weighted by Crippen LogP contribution is 2.28. The molecule has 0 spiro atoms. The SMILES string of the molecule is CCn1cc(C=C2N=C(c3ccccc3)N(CCc3c[nH]c4ccc(C)cc34)C2=O)c2ccccc21. The summed E-state index contributed by atoms with van der Waals surface area (Å²) in [5, 5.41) is 2.34. The molecule has 36 heavy (non-hydrogen) atoms. The van der Waals surface area contributed by atoms with Crippen LogP contribution in [0.1, 0.15) is 29.2 Å². The molecule has 6 rings (SSSR count). The van der Waals surface area contributed by atoms with Crippen molar-refractivity contribution in [3.8, 4) is 0 Å². The van der Waals surface area contributed by atoms with Gasteiger partial charge in [-0.25, -0.2) is 4.99 Å². The summed E-state index contributed by atoms with van der Waals surface area (Å²) in [6.07, 6.45) is 6.85. The van der Waals surface area contributed by atoms with Crippen LogP contribution in [-0.4, -0.2) is 32.7 Å². The van der Waals surface area contributed by atoms with Gasteiger partial charge in [0.15, 0.2) is 0 Å². The van der Waals surface area contributed by atoms with Gasteiger partial charge in [0.2, 0.25) is 0 Å². The van der Waals surface area contributed by atoms with Gasteiger partial charge in [-0.3, -0.25) is 9.69 Å². The molecule has 0 atom stereocenters. The maximum atomic E-state index is 13.7. The standard InChI is InChI=1S/C31H28N4O/c1-3-34-20-24(25-11-7-8-12-29(25)34)18-28-31(36)35(30(33-28)22-9-5-4-6-10-22)16-15-23-19-32-27-14-13-21(2)17-26(23)27/h4-14,17-20,32H,3,15-16H2,1-2H3. The molecular formula is C31H28N4O. The Hall–Kier alpha value is -4.38. The van der Waals surface area contributed by atoms with Crippen molar-refractivity contribution in [1.82, 2.24) is 14.5 Å². The normalized spacial score (nSPS) is 14.9. The highest BCUT2D eigenvalue weighted by atomic mass is 16.2. The molecule has 0 fully saturated rings. The van der Waals surface area contributed by atoms with E-state index in [0.717, 1.165) is 40.5 Å². The van der Waals surface area contributed by atoms with Crippen LogP contribution in [0.3, 0.4) is 0 Å². The number of aromatic amines is 1. The number of amides is 1. The number of amidine groups is 1. The first-order valence-electron chi connectivity index (χ1n) is 12.4. The van der Waals surface area contributed by atoms with Crippen LogP contribution in [-0.2, 0) is 17.8 Å². The number of carbonyl (C=O) groups excluding carboxylic acids is 1. The molecular weight excluding hydrogens is 444 g/mol. The van der Waals surface area contributed by atoms with Crippen molar-refractivity contribution in [3.63, 3.8) is 0 Å². The Labute approximate surface area is 210 Å². The summed E-state index contributed by atoms with van der Waals surface area (Å²) in [5.41, 5.74) is 7.15. The van der Waals surface area contributed by atoms with E-state index in [2.05, 4.69) is 66.1 Å². The van der Waals surface area contributed by atoms with Crippen molar-refractivity contribution in [1.29, 1.82) is 0 Å². The summed E-state index contributed by atoms with van der Waals surface area (Å²) in [5.74, 6) is 0.653. The van der Waals surface area contributed by atoms with Crippen molar-refractivity contribution >= 4 is 39.6 Å². The number of aryl methyl sites for hydroxylation is 2. The van der Waals surface area contributed by atoms with E-state index < -0.39 is 0 Å². The summed E-state index contributed by atoms with van der Waals surface area (Å²) >= 11 is 0. The number of aliphatic imine (C=N–C) groups is 1. The Morgan fingerprint density at radius 3 is 2.61 bits per heavy atom. The second kappa shape index (κ2) is 9.00. The van der Waals surface area contributed by atoms with Gasteiger partial charge in [-0.2, -0.15) is 0 Å². The van der Waals surface area contributed by atoms with E-state index in [1.165, 1.54) is 16.5 Å². The molecule has 1 aliphatic rings. The smallest absolute Gasteiger partial charge is 0.278 e. The van der Waals surface area contributed by atoms with Crippen molar-refractivity contribution < 1.29 is 4.79 Å². The van der Waals surface area contributed by atoms with Crippen molar-refractivity contribution in [2.45, 2.75) is 26.8 Å². The van der Waals surface area contributed by atoms with Gasteiger partial charge >= 0.3 is 0 Å². The lowest BCUT2D eigenvalue weighted by Crippen LogP contribution is -2.34. The highest BCUT2D eigenvalue weighted by molar-refractivity contribution is 6.20. The fourth-order valence-electron chi connectivity index (χ4n) is 5.10. The van der Waals surface area contributed by atoms with Gasteiger partial charge in [0, 0.05) is 58.4 Å². The van der Waals surface area contributed by atoms with E-state index >= 15 is 0 Å². The van der Waals surface area contributed by atoms with Crippen LogP contribution in [0.15, 0.2) is 95.9 Å². The average Bonchev–Trinajstić information content (AvgIpc) is 3.57. The van der Waals surface area contributed by atoms with Crippen molar-refractivity contribution in [3.05, 3.63) is 113 Å². The van der Waals surface area contributed by atoms with E-state index in [-0.39, 0.29) is 5.91 Å². The summed E-state index contributed by atoms with van der Waals surface area (Å²) in [6, 6.07) is 24.7. The molecule has 0 radical (unpaired) electrons. The van der Waals surface area contributed by atoms with Crippen LogP contribution < -0.4 is 0 Å². The largest absolute Gasteiger partial charge is 0.361 e. The third-order valence-corrected chi connectivity index (χ3v) is 6.96. The molecule has 5 nitrogen and oxygen atoms in total. The number of hydrogen-bond acceptors (Lipinski definition) is 2. The Morgan fingerprint density at radius 1 is 0.972 bits per heavy atom. The number of H-pyrrole nitrogens is 1. The van der Waals surface area contributed by atoms with E-state index in [4.69, 9.17) is 4.99 Å². The average molecular weight is 473 g/mol. The molecule has 0 aliphatic carbocycles. The van der Waals surface area contributed by atoms with E-state index in [0.29, 0.717) is 18.1 Å². The Morgan fingerprint density at radius 2 is 1.78 bits per heavy atom. The maximum absolute atomic E-state index is 13.7. The number of rotatable bonds is 6. The number of aromatic nitrogens is 2. The quantitative estimate of drug-likeness (QED) is 0.289. The first-order valence-corrected chi connectivity index (χ1v) is 12.4. The van der Waals surface area contributed by atoms with Crippen molar-refractivity contribution in [2.24, 2.45) is 4.99 Å². The first kappa shape index (κ1) is 22.1. The number of nitrogens with zero attached hydrogens (tertiary/aromatic N) is 3. The minimum absolute atomic E-state index is 0.0572. The van der Waals surface area contributed by atoms with E-state index in [1.807, 2.05) is 53.4 Å². The predicted octanol–water partition coefficient (Wildman–Crippen LogP) is 6.32. The lowest BCUT2D eigenvalue weighted by molar-refractivity contribution is -0.122. The number of fused-ring (bicyclic) bond motifs is 2. The molecule has 1 aliphatic heterocycles. The third-order valence-electron chi connectivity index (χ3n) is 6.96. The van der Waals surface area contributed by atoms with Gasteiger partial charge in [-0.1, -0.05) is 60.2 Å². The maximum Gasteiger partial charge on any atom is 0.278 e. The monoisotopic (exact) mass is 472 g/mol. The van der Waals surface area contributed by atoms with Crippen LogP contribution >= 0.6 is 0 Å². The zero-order chi connectivity index (χ0) is 24.6.